The lowest BCUT2D eigenvalue weighted by Gasteiger charge is -2.31. The van der Waals surface area contributed by atoms with Gasteiger partial charge in [-0.1, -0.05) is 18.2 Å². The average molecular weight is 446 g/mol. The van der Waals surface area contributed by atoms with E-state index in [0.717, 1.165) is 0 Å². The summed E-state index contributed by atoms with van der Waals surface area (Å²) in [4.78, 5) is 51.6. The van der Waals surface area contributed by atoms with Crippen LogP contribution in [0.4, 0.5) is 5.69 Å². The van der Waals surface area contributed by atoms with Gasteiger partial charge in [-0.15, -0.1) is 0 Å². The van der Waals surface area contributed by atoms with Crippen LogP contribution in [0.1, 0.15) is 40.7 Å². The Kier molecular flexibility index (Phi) is 5.20. The van der Waals surface area contributed by atoms with Gasteiger partial charge in [-0.25, -0.2) is 4.79 Å². The molecule has 0 bridgehead atoms. The number of nitrogens with zero attached hydrogens (tertiary/aromatic N) is 1. The Morgan fingerprint density at radius 3 is 2.58 bits per heavy atom. The summed E-state index contributed by atoms with van der Waals surface area (Å²) < 4.78 is 10.8. The summed E-state index contributed by atoms with van der Waals surface area (Å²) in [6.07, 6.45) is 0.423. The number of carbonyl (C=O) groups excluding carboxylic acids is 3. The number of ether oxygens (including phenoxy) is 1. The topological polar surface area (TPSA) is 106 Å². The van der Waals surface area contributed by atoms with Gasteiger partial charge < -0.3 is 19.4 Å². The Bertz CT molecular complexity index is 1340. The van der Waals surface area contributed by atoms with Crippen molar-refractivity contribution >= 4 is 34.1 Å². The number of hydrogen-bond donors (Lipinski definition) is 1. The summed E-state index contributed by atoms with van der Waals surface area (Å²) >= 11 is 0. The molecule has 1 unspecified atom stereocenters. The van der Waals surface area contributed by atoms with E-state index in [2.05, 4.69) is 5.32 Å². The van der Waals surface area contributed by atoms with Crippen LogP contribution >= 0.6 is 0 Å². The fraction of sp³-hybridized carbons (Fsp3) is 0.280. The van der Waals surface area contributed by atoms with E-state index in [1.54, 1.807) is 60.4 Å². The molecule has 0 radical (unpaired) electrons. The maximum Gasteiger partial charge on any atom is 0.344 e. The molecular weight excluding hydrogens is 424 g/mol. The molecule has 0 saturated carbocycles. The Morgan fingerprint density at radius 2 is 1.79 bits per heavy atom. The second-order valence-electron chi connectivity index (χ2n) is 8.38. The lowest BCUT2D eigenvalue weighted by molar-refractivity contribution is -0.122. The van der Waals surface area contributed by atoms with Gasteiger partial charge in [0.05, 0.1) is 11.1 Å². The smallest absolute Gasteiger partial charge is 0.344 e. The van der Waals surface area contributed by atoms with E-state index in [1.165, 1.54) is 0 Å². The van der Waals surface area contributed by atoms with Crippen molar-refractivity contribution in [3.63, 3.8) is 0 Å². The van der Waals surface area contributed by atoms with Gasteiger partial charge in [-0.2, -0.15) is 0 Å². The van der Waals surface area contributed by atoms with E-state index in [4.69, 9.17) is 9.15 Å². The number of piperidine rings is 1. The number of anilines is 1. The van der Waals surface area contributed by atoms with Crippen LogP contribution in [-0.2, 0) is 4.79 Å². The van der Waals surface area contributed by atoms with Crippen LogP contribution in [0.3, 0.4) is 0 Å². The molecule has 1 saturated heterocycles. The number of likely N-dealkylation sites (tertiary alicyclic amines) is 1. The first-order valence-corrected chi connectivity index (χ1v) is 10.9. The molecule has 1 aromatic heterocycles. The maximum atomic E-state index is 13.1. The average Bonchev–Trinajstić information content (AvgIpc) is 2.83. The van der Waals surface area contributed by atoms with E-state index >= 15 is 0 Å². The standard InChI is InChI=1S/C25H22N2O6/c1-14-23(29)26-19-12-17(6-7-20(19)32-14)22(28)15-8-10-27(11-9-15)24(30)21-13-16-4-2-3-5-18(16)25(31)33-21/h2-7,12-15H,8-11H2,1H3,(H,26,29). The zero-order valence-corrected chi connectivity index (χ0v) is 18.0. The van der Waals surface area contributed by atoms with E-state index in [-0.39, 0.29) is 29.3 Å². The van der Waals surface area contributed by atoms with Crippen LogP contribution in [0.25, 0.3) is 10.8 Å². The Labute approximate surface area is 189 Å². The van der Waals surface area contributed by atoms with Crippen molar-refractivity contribution in [3.05, 3.63) is 70.3 Å². The Hall–Kier alpha value is -3.94. The molecule has 2 amide bonds. The molecule has 8 nitrogen and oxygen atoms in total. The molecule has 33 heavy (non-hydrogen) atoms. The van der Waals surface area contributed by atoms with Crippen molar-refractivity contribution in [3.8, 4) is 5.75 Å². The van der Waals surface area contributed by atoms with Crippen LogP contribution in [0, 0.1) is 5.92 Å². The summed E-state index contributed by atoms with van der Waals surface area (Å²) in [5, 5.41) is 3.84. The third kappa shape index (κ3) is 3.88. The van der Waals surface area contributed by atoms with Crippen LogP contribution in [-0.4, -0.2) is 41.7 Å². The lowest BCUT2D eigenvalue weighted by atomic mass is 9.88. The highest BCUT2D eigenvalue weighted by Gasteiger charge is 2.31. The van der Waals surface area contributed by atoms with Crippen LogP contribution < -0.4 is 15.7 Å². The maximum absolute atomic E-state index is 13.1. The first-order chi connectivity index (χ1) is 15.9. The Balaban J connectivity index is 1.27. The number of hydrogen-bond acceptors (Lipinski definition) is 6. The lowest BCUT2D eigenvalue weighted by Crippen LogP contribution is -2.40. The number of benzene rings is 2. The number of ketones is 1. The van der Waals surface area contributed by atoms with E-state index in [0.29, 0.717) is 53.7 Å². The van der Waals surface area contributed by atoms with Crippen molar-refractivity contribution in [1.82, 2.24) is 4.90 Å². The molecule has 0 spiro atoms. The predicted octanol–water partition coefficient (Wildman–Crippen LogP) is 3.25. The van der Waals surface area contributed by atoms with Gasteiger partial charge in [0.1, 0.15) is 5.75 Å². The first kappa shape index (κ1) is 20.9. The summed E-state index contributed by atoms with van der Waals surface area (Å²) in [5.74, 6) is -0.338. The van der Waals surface area contributed by atoms with E-state index in [9.17, 15) is 19.2 Å². The minimum absolute atomic E-state index is 0.00290. The van der Waals surface area contributed by atoms with Crippen molar-refractivity contribution in [2.24, 2.45) is 5.92 Å². The molecule has 2 aromatic carbocycles. The van der Waals surface area contributed by atoms with Crippen LogP contribution in [0.15, 0.2) is 57.7 Å². The summed E-state index contributed by atoms with van der Waals surface area (Å²) in [6, 6.07) is 13.6. The fourth-order valence-electron chi connectivity index (χ4n) is 4.34. The van der Waals surface area contributed by atoms with Gasteiger partial charge in [-0.05, 0) is 55.5 Å². The molecular formula is C25H22N2O6. The highest BCUT2D eigenvalue weighted by Crippen LogP contribution is 2.32. The zero-order valence-electron chi connectivity index (χ0n) is 18.0. The van der Waals surface area contributed by atoms with Crippen molar-refractivity contribution < 1.29 is 23.5 Å². The highest BCUT2D eigenvalue weighted by atomic mass is 16.5. The quantitative estimate of drug-likeness (QED) is 0.619. The molecule has 1 atom stereocenters. The minimum atomic E-state index is -0.576. The molecule has 168 valence electrons. The largest absolute Gasteiger partial charge is 0.479 e. The van der Waals surface area contributed by atoms with E-state index in [1.807, 2.05) is 0 Å². The molecule has 8 heteroatoms. The third-order valence-corrected chi connectivity index (χ3v) is 6.23. The summed E-state index contributed by atoms with van der Waals surface area (Å²) in [6.45, 7) is 2.43. The molecule has 3 aromatic rings. The number of amides is 2. The van der Waals surface area contributed by atoms with Gasteiger partial charge >= 0.3 is 5.63 Å². The van der Waals surface area contributed by atoms with Crippen molar-refractivity contribution in [2.75, 3.05) is 18.4 Å². The monoisotopic (exact) mass is 446 g/mol. The van der Waals surface area contributed by atoms with Gasteiger partial charge in [0.25, 0.3) is 11.8 Å². The van der Waals surface area contributed by atoms with E-state index < -0.39 is 11.7 Å². The predicted molar refractivity (Wildman–Crippen MR) is 121 cm³/mol. The van der Waals surface area contributed by atoms with Gasteiger partial charge in [0.2, 0.25) is 0 Å². The number of rotatable bonds is 3. The SMILES string of the molecule is CC1Oc2ccc(C(=O)C3CCN(C(=O)c4cc5ccccc5c(=O)o4)CC3)cc2NC1=O. The van der Waals surface area contributed by atoms with Gasteiger partial charge in [0, 0.05) is 24.6 Å². The molecule has 1 N–H and O–H groups in total. The summed E-state index contributed by atoms with van der Waals surface area (Å²) in [7, 11) is 0. The van der Waals surface area contributed by atoms with Crippen LogP contribution in [0.5, 0.6) is 5.75 Å². The van der Waals surface area contributed by atoms with Crippen molar-refractivity contribution in [2.45, 2.75) is 25.9 Å². The Morgan fingerprint density at radius 1 is 1.03 bits per heavy atom. The van der Waals surface area contributed by atoms with Gasteiger partial charge in [-0.3, -0.25) is 14.4 Å². The minimum Gasteiger partial charge on any atom is -0.479 e. The van der Waals surface area contributed by atoms with Crippen LogP contribution in [0.2, 0.25) is 0 Å². The zero-order chi connectivity index (χ0) is 23.1. The fourth-order valence-corrected chi connectivity index (χ4v) is 4.34. The molecule has 1 fully saturated rings. The first-order valence-electron chi connectivity index (χ1n) is 10.9. The number of Topliss-reactive ketones (excluding diaryl/α,β-unsaturated/α-hetero) is 1. The molecule has 2 aliphatic heterocycles. The molecule has 0 aliphatic carbocycles. The number of carbonyl (C=O) groups is 3. The molecule has 5 rings (SSSR count). The second-order valence-corrected chi connectivity index (χ2v) is 8.38. The molecule has 3 heterocycles. The van der Waals surface area contributed by atoms with Crippen molar-refractivity contribution in [1.29, 1.82) is 0 Å². The number of fused-ring (bicyclic) bond motifs is 2. The molecule has 2 aliphatic rings. The summed E-state index contributed by atoms with van der Waals surface area (Å²) in [5.41, 5.74) is 0.444. The normalized spacial score (nSPS) is 18.4. The third-order valence-electron chi connectivity index (χ3n) is 6.23. The highest BCUT2D eigenvalue weighted by molar-refractivity contribution is 6.02. The number of nitrogens with one attached hydrogen (secondary N) is 1. The van der Waals surface area contributed by atoms with Gasteiger partial charge in [0.15, 0.2) is 17.6 Å². The second kappa shape index (κ2) is 8.20.